The highest BCUT2D eigenvalue weighted by Crippen LogP contribution is 2.26. The summed E-state index contributed by atoms with van der Waals surface area (Å²) in [6, 6.07) is 14.4. The summed E-state index contributed by atoms with van der Waals surface area (Å²) >= 11 is 1.35. The molecule has 0 radical (unpaired) electrons. The normalized spacial score (nSPS) is 15.8. The van der Waals surface area contributed by atoms with Crippen LogP contribution in [0.25, 0.3) is 11.4 Å². The molecular formula is C24H27FN4O2S. The largest absolute Gasteiger partial charge is 0.376 e. The molecule has 1 aliphatic rings. The highest BCUT2D eigenvalue weighted by molar-refractivity contribution is 7.99. The summed E-state index contributed by atoms with van der Waals surface area (Å²) in [5.74, 6) is 0.568. The second kappa shape index (κ2) is 10.7. The lowest BCUT2D eigenvalue weighted by molar-refractivity contribution is -0.118. The highest BCUT2D eigenvalue weighted by Gasteiger charge is 2.22. The molecule has 0 saturated carbocycles. The van der Waals surface area contributed by atoms with Crippen LogP contribution in [0.15, 0.2) is 53.7 Å². The predicted octanol–water partition coefficient (Wildman–Crippen LogP) is 4.02. The van der Waals surface area contributed by atoms with E-state index >= 15 is 0 Å². The molecule has 1 aromatic heterocycles. The van der Waals surface area contributed by atoms with Crippen LogP contribution in [0.1, 0.15) is 24.0 Å². The maximum atomic E-state index is 13.4. The van der Waals surface area contributed by atoms with Crippen LogP contribution in [0.3, 0.4) is 0 Å². The molecule has 32 heavy (non-hydrogen) atoms. The van der Waals surface area contributed by atoms with Gasteiger partial charge in [-0.25, -0.2) is 4.39 Å². The Kier molecular flexibility index (Phi) is 7.55. The lowest BCUT2D eigenvalue weighted by Crippen LogP contribution is -2.27. The van der Waals surface area contributed by atoms with E-state index in [0.717, 1.165) is 31.4 Å². The average Bonchev–Trinajstić information content (AvgIpc) is 3.45. The van der Waals surface area contributed by atoms with Gasteiger partial charge in [0.1, 0.15) is 5.82 Å². The van der Waals surface area contributed by atoms with E-state index in [4.69, 9.17) is 4.74 Å². The van der Waals surface area contributed by atoms with E-state index in [2.05, 4.69) is 34.6 Å². The lowest BCUT2D eigenvalue weighted by Gasteiger charge is -2.14. The van der Waals surface area contributed by atoms with Gasteiger partial charge in [0.2, 0.25) is 5.91 Å². The van der Waals surface area contributed by atoms with E-state index in [9.17, 15) is 9.18 Å². The SMILES string of the molecule is Cc1ccccc1CCNC(=O)CSc1nnc(-c2ccc(F)cc2)n1CC1CCCO1. The topological polar surface area (TPSA) is 69.0 Å². The van der Waals surface area contributed by atoms with Gasteiger partial charge in [-0.1, -0.05) is 36.0 Å². The molecule has 168 valence electrons. The van der Waals surface area contributed by atoms with Gasteiger partial charge in [-0.3, -0.25) is 9.36 Å². The molecule has 4 rings (SSSR count). The number of thioether (sulfide) groups is 1. The van der Waals surface area contributed by atoms with Crippen LogP contribution >= 0.6 is 11.8 Å². The first-order valence-corrected chi connectivity index (χ1v) is 11.8. The molecule has 0 spiro atoms. The van der Waals surface area contributed by atoms with Crippen LogP contribution in [0.5, 0.6) is 0 Å². The van der Waals surface area contributed by atoms with Gasteiger partial charge < -0.3 is 10.1 Å². The van der Waals surface area contributed by atoms with Crippen molar-refractivity contribution in [3.8, 4) is 11.4 Å². The summed E-state index contributed by atoms with van der Waals surface area (Å²) in [5.41, 5.74) is 3.25. The number of aromatic nitrogens is 3. The minimum atomic E-state index is -0.295. The van der Waals surface area contributed by atoms with Crippen molar-refractivity contribution in [1.82, 2.24) is 20.1 Å². The summed E-state index contributed by atoms with van der Waals surface area (Å²) in [4.78, 5) is 12.4. The molecule has 0 bridgehead atoms. The van der Waals surface area contributed by atoms with E-state index in [1.807, 2.05) is 16.7 Å². The van der Waals surface area contributed by atoms with Gasteiger partial charge in [0.15, 0.2) is 11.0 Å². The first-order chi connectivity index (χ1) is 15.6. The van der Waals surface area contributed by atoms with E-state index < -0.39 is 0 Å². The number of carbonyl (C=O) groups excluding carboxylic acids is 1. The van der Waals surface area contributed by atoms with Crippen molar-refractivity contribution < 1.29 is 13.9 Å². The zero-order valence-electron chi connectivity index (χ0n) is 18.1. The number of hydrogen-bond acceptors (Lipinski definition) is 5. The molecular weight excluding hydrogens is 427 g/mol. The molecule has 2 heterocycles. The number of rotatable bonds is 9. The van der Waals surface area contributed by atoms with Crippen molar-refractivity contribution >= 4 is 17.7 Å². The monoisotopic (exact) mass is 454 g/mol. The van der Waals surface area contributed by atoms with Crippen molar-refractivity contribution in [1.29, 1.82) is 0 Å². The lowest BCUT2D eigenvalue weighted by atomic mass is 10.1. The van der Waals surface area contributed by atoms with Crippen LogP contribution in [0.4, 0.5) is 4.39 Å². The maximum absolute atomic E-state index is 13.4. The van der Waals surface area contributed by atoms with Crippen LogP contribution in [0, 0.1) is 12.7 Å². The van der Waals surface area contributed by atoms with Gasteiger partial charge in [-0.2, -0.15) is 0 Å². The molecule has 1 atom stereocenters. The number of halogens is 1. The van der Waals surface area contributed by atoms with Crippen molar-refractivity contribution in [2.75, 3.05) is 18.9 Å². The van der Waals surface area contributed by atoms with Crippen LogP contribution in [0.2, 0.25) is 0 Å². The summed E-state index contributed by atoms with van der Waals surface area (Å²) in [7, 11) is 0. The molecule has 1 amide bonds. The molecule has 0 aliphatic carbocycles. The quantitative estimate of drug-likeness (QED) is 0.495. The van der Waals surface area contributed by atoms with Gasteiger partial charge in [-0.15, -0.1) is 10.2 Å². The van der Waals surface area contributed by atoms with E-state index in [1.54, 1.807) is 12.1 Å². The Bertz CT molecular complexity index is 1050. The number of amides is 1. The standard InChI is InChI=1S/C24H27FN4O2S/c1-17-5-2-3-6-18(17)12-13-26-22(30)16-32-24-28-27-23(19-8-10-20(25)11-9-19)29(24)15-21-7-4-14-31-21/h2-3,5-6,8-11,21H,4,7,12-16H2,1H3,(H,26,30). The van der Waals surface area contributed by atoms with Crippen LogP contribution < -0.4 is 5.32 Å². The number of ether oxygens (including phenoxy) is 1. The number of carbonyl (C=O) groups is 1. The zero-order valence-corrected chi connectivity index (χ0v) is 18.9. The van der Waals surface area contributed by atoms with Crippen molar-refractivity contribution in [3.63, 3.8) is 0 Å². The highest BCUT2D eigenvalue weighted by atomic mass is 32.2. The molecule has 1 N–H and O–H groups in total. The van der Waals surface area contributed by atoms with E-state index in [-0.39, 0.29) is 23.6 Å². The smallest absolute Gasteiger partial charge is 0.230 e. The van der Waals surface area contributed by atoms with Crippen LogP contribution in [-0.2, 0) is 22.5 Å². The minimum absolute atomic E-state index is 0.0430. The van der Waals surface area contributed by atoms with Crippen molar-refractivity contribution in [3.05, 3.63) is 65.5 Å². The fourth-order valence-electron chi connectivity index (χ4n) is 3.77. The number of hydrogen-bond donors (Lipinski definition) is 1. The summed E-state index contributed by atoms with van der Waals surface area (Å²) in [6.45, 7) is 4.03. The Morgan fingerprint density at radius 2 is 2.03 bits per heavy atom. The van der Waals surface area contributed by atoms with Crippen LogP contribution in [-0.4, -0.2) is 45.7 Å². The van der Waals surface area contributed by atoms with Gasteiger partial charge in [-0.05, 0) is 61.6 Å². The summed E-state index contributed by atoms with van der Waals surface area (Å²) in [6.07, 6.45) is 2.90. The molecule has 1 fully saturated rings. The average molecular weight is 455 g/mol. The second-order valence-corrected chi connectivity index (χ2v) is 8.82. The number of aryl methyl sites for hydroxylation is 1. The van der Waals surface area contributed by atoms with Crippen molar-refractivity contribution in [2.24, 2.45) is 0 Å². The van der Waals surface area contributed by atoms with E-state index in [1.165, 1.54) is 35.0 Å². The molecule has 2 aromatic carbocycles. The molecule has 3 aromatic rings. The van der Waals surface area contributed by atoms with Gasteiger partial charge in [0.05, 0.1) is 18.4 Å². The van der Waals surface area contributed by atoms with E-state index in [0.29, 0.717) is 24.1 Å². The number of nitrogens with one attached hydrogen (secondary N) is 1. The first kappa shape index (κ1) is 22.5. The third-order valence-corrected chi connectivity index (χ3v) is 6.51. The molecule has 1 unspecified atom stereocenters. The first-order valence-electron chi connectivity index (χ1n) is 10.8. The second-order valence-electron chi connectivity index (χ2n) is 7.87. The summed E-state index contributed by atoms with van der Waals surface area (Å²) in [5, 5.41) is 12.3. The Morgan fingerprint density at radius 1 is 1.22 bits per heavy atom. The fraction of sp³-hybridized carbons (Fsp3) is 0.375. The number of benzene rings is 2. The van der Waals surface area contributed by atoms with Gasteiger partial charge in [0.25, 0.3) is 0 Å². The predicted molar refractivity (Wildman–Crippen MR) is 123 cm³/mol. The van der Waals surface area contributed by atoms with Gasteiger partial charge >= 0.3 is 0 Å². The fourth-order valence-corrected chi connectivity index (χ4v) is 4.55. The Labute approximate surface area is 191 Å². The number of nitrogens with zero attached hydrogens (tertiary/aromatic N) is 3. The molecule has 8 heteroatoms. The maximum Gasteiger partial charge on any atom is 0.230 e. The molecule has 6 nitrogen and oxygen atoms in total. The Balaban J connectivity index is 1.39. The zero-order chi connectivity index (χ0) is 22.3. The minimum Gasteiger partial charge on any atom is -0.376 e. The molecule has 1 aliphatic heterocycles. The van der Waals surface area contributed by atoms with Crippen molar-refractivity contribution in [2.45, 2.75) is 44.0 Å². The third-order valence-electron chi connectivity index (χ3n) is 5.54. The van der Waals surface area contributed by atoms with Gasteiger partial charge in [0, 0.05) is 18.7 Å². The third kappa shape index (κ3) is 5.75. The Hall–Kier alpha value is -2.71. The molecule has 1 saturated heterocycles. The summed E-state index contributed by atoms with van der Waals surface area (Å²) < 4.78 is 21.1. The Morgan fingerprint density at radius 3 is 2.78 bits per heavy atom.